The molecule has 0 unspecified atom stereocenters. The number of thiophene rings is 1. The zero-order valence-corrected chi connectivity index (χ0v) is 15.7. The number of hydrogen-bond donors (Lipinski definition) is 0. The smallest absolute Gasteiger partial charge is 0.343 e. The predicted molar refractivity (Wildman–Crippen MR) is 101 cm³/mol. The Morgan fingerprint density at radius 2 is 2.00 bits per heavy atom. The van der Waals surface area contributed by atoms with Gasteiger partial charge in [0.1, 0.15) is 5.57 Å². The van der Waals surface area contributed by atoms with Crippen LogP contribution in [0.2, 0.25) is 10.0 Å². The number of anilines is 1. The minimum Gasteiger partial charge on any atom is -0.465 e. The molecule has 1 aliphatic rings. The monoisotopic (exact) mass is 393 g/mol. The minimum absolute atomic E-state index is 0.0105. The Balaban J connectivity index is 2.18. The lowest BCUT2D eigenvalue weighted by Crippen LogP contribution is -2.18. The molecular formula is C18H13Cl2NO3S. The molecule has 1 aliphatic heterocycles. The van der Waals surface area contributed by atoms with Crippen molar-refractivity contribution in [3.05, 3.63) is 67.6 Å². The van der Waals surface area contributed by atoms with Gasteiger partial charge in [0, 0.05) is 16.3 Å². The SMILES string of the molecule is COC(=O)C1=C(C)N(c2ccc(Cl)c(Cl)c2)/C(=C\c2cccs2)C1=O. The third-order valence-corrected chi connectivity index (χ3v) is 5.33. The molecule has 0 saturated carbocycles. The van der Waals surface area contributed by atoms with Crippen molar-refractivity contribution in [3.8, 4) is 0 Å². The highest BCUT2D eigenvalue weighted by atomic mass is 35.5. The van der Waals surface area contributed by atoms with E-state index in [9.17, 15) is 9.59 Å². The molecule has 0 aliphatic carbocycles. The van der Waals surface area contributed by atoms with Gasteiger partial charge in [-0.05, 0) is 42.6 Å². The van der Waals surface area contributed by atoms with Gasteiger partial charge in [-0.2, -0.15) is 0 Å². The molecule has 1 aromatic heterocycles. The highest BCUT2D eigenvalue weighted by Gasteiger charge is 2.38. The fourth-order valence-electron chi connectivity index (χ4n) is 2.62. The summed E-state index contributed by atoms with van der Waals surface area (Å²) >= 11 is 13.6. The summed E-state index contributed by atoms with van der Waals surface area (Å²) in [7, 11) is 1.25. The molecule has 25 heavy (non-hydrogen) atoms. The Bertz CT molecular complexity index is 916. The number of esters is 1. The van der Waals surface area contributed by atoms with E-state index in [2.05, 4.69) is 0 Å². The summed E-state index contributed by atoms with van der Waals surface area (Å²) in [5.41, 5.74) is 1.50. The standard InChI is InChI=1S/C18H13Cl2NO3S/c1-10-16(18(23)24-2)17(22)15(9-12-4-3-7-25-12)21(10)11-5-6-13(19)14(20)8-11/h3-9H,1-2H3/b15-9-. The minimum atomic E-state index is -0.665. The summed E-state index contributed by atoms with van der Waals surface area (Å²) in [6.45, 7) is 1.70. The second kappa shape index (κ2) is 7.04. The average Bonchev–Trinajstić information content (AvgIpc) is 3.17. The number of halogens is 2. The van der Waals surface area contributed by atoms with Crippen LogP contribution in [-0.2, 0) is 14.3 Å². The summed E-state index contributed by atoms with van der Waals surface area (Å²) in [5, 5.41) is 2.69. The summed E-state index contributed by atoms with van der Waals surface area (Å²) in [6.07, 6.45) is 1.74. The van der Waals surface area contributed by atoms with Crippen molar-refractivity contribution in [2.75, 3.05) is 12.0 Å². The molecule has 0 radical (unpaired) electrons. The lowest BCUT2D eigenvalue weighted by atomic mass is 10.1. The molecule has 2 heterocycles. The third-order valence-electron chi connectivity index (χ3n) is 3.77. The number of Topliss-reactive ketones (excluding diaryl/α,β-unsaturated/α-hetero) is 1. The fraction of sp³-hybridized carbons (Fsp3) is 0.111. The van der Waals surface area contributed by atoms with Gasteiger partial charge in [0.2, 0.25) is 5.78 Å². The maximum absolute atomic E-state index is 12.9. The van der Waals surface area contributed by atoms with Gasteiger partial charge < -0.3 is 9.64 Å². The molecule has 0 fully saturated rings. The van der Waals surface area contributed by atoms with Crippen LogP contribution in [0.15, 0.2) is 52.7 Å². The molecule has 2 aromatic rings. The topological polar surface area (TPSA) is 46.6 Å². The highest BCUT2D eigenvalue weighted by Crippen LogP contribution is 2.38. The van der Waals surface area contributed by atoms with Crippen molar-refractivity contribution in [2.24, 2.45) is 0 Å². The first kappa shape index (κ1) is 17.7. The van der Waals surface area contributed by atoms with Gasteiger partial charge in [0.15, 0.2) is 0 Å². The average molecular weight is 394 g/mol. The van der Waals surface area contributed by atoms with Gasteiger partial charge in [0.25, 0.3) is 0 Å². The van der Waals surface area contributed by atoms with Crippen LogP contribution in [0.4, 0.5) is 5.69 Å². The zero-order valence-electron chi connectivity index (χ0n) is 13.4. The van der Waals surface area contributed by atoms with E-state index in [1.165, 1.54) is 18.4 Å². The maximum atomic E-state index is 12.9. The number of rotatable bonds is 3. The Kier molecular flexibility index (Phi) is 4.99. The molecule has 0 bridgehead atoms. The van der Waals surface area contributed by atoms with Gasteiger partial charge in [-0.3, -0.25) is 4.79 Å². The lowest BCUT2D eigenvalue weighted by Gasteiger charge is -2.22. The van der Waals surface area contributed by atoms with Crippen molar-refractivity contribution in [1.29, 1.82) is 0 Å². The van der Waals surface area contributed by atoms with Crippen LogP contribution in [0.3, 0.4) is 0 Å². The van der Waals surface area contributed by atoms with Crippen LogP contribution in [-0.4, -0.2) is 18.9 Å². The molecule has 4 nitrogen and oxygen atoms in total. The fourth-order valence-corrected chi connectivity index (χ4v) is 3.57. The van der Waals surface area contributed by atoms with Crippen molar-refractivity contribution >= 4 is 58.1 Å². The summed E-state index contributed by atoms with van der Waals surface area (Å²) < 4.78 is 4.77. The summed E-state index contributed by atoms with van der Waals surface area (Å²) in [4.78, 5) is 27.5. The molecule has 0 amide bonds. The molecule has 1 aromatic carbocycles. The number of allylic oxidation sites excluding steroid dienone is 2. The number of carbonyl (C=O) groups is 2. The van der Waals surface area contributed by atoms with E-state index in [1.54, 1.807) is 36.1 Å². The van der Waals surface area contributed by atoms with Crippen molar-refractivity contribution < 1.29 is 14.3 Å². The van der Waals surface area contributed by atoms with E-state index in [1.807, 2.05) is 17.5 Å². The molecule has 0 saturated heterocycles. The number of carbonyl (C=O) groups excluding carboxylic acids is 2. The molecule has 7 heteroatoms. The number of hydrogen-bond acceptors (Lipinski definition) is 5. The van der Waals surface area contributed by atoms with Crippen LogP contribution >= 0.6 is 34.5 Å². The molecule has 0 atom stereocenters. The zero-order chi connectivity index (χ0) is 18.1. The van der Waals surface area contributed by atoms with Gasteiger partial charge in [-0.25, -0.2) is 4.79 Å². The Hall–Kier alpha value is -2.08. The van der Waals surface area contributed by atoms with Crippen LogP contribution < -0.4 is 4.90 Å². The normalized spacial score (nSPS) is 16.1. The number of benzene rings is 1. The van der Waals surface area contributed by atoms with Crippen molar-refractivity contribution in [1.82, 2.24) is 0 Å². The third kappa shape index (κ3) is 3.23. The first-order chi connectivity index (χ1) is 11.9. The number of ketones is 1. The number of nitrogens with zero attached hydrogens (tertiary/aromatic N) is 1. The van der Waals surface area contributed by atoms with Crippen LogP contribution in [0.5, 0.6) is 0 Å². The van der Waals surface area contributed by atoms with E-state index >= 15 is 0 Å². The van der Waals surface area contributed by atoms with E-state index in [-0.39, 0.29) is 11.4 Å². The van der Waals surface area contributed by atoms with Crippen LogP contribution in [0, 0.1) is 0 Å². The van der Waals surface area contributed by atoms with Gasteiger partial charge in [0.05, 0.1) is 22.9 Å². The van der Waals surface area contributed by atoms with E-state index in [4.69, 9.17) is 27.9 Å². The van der Waals surface area contributed by atoms with E-state index in [0.717, 1.165) is 4.88 Å². The number of ether oxygens (including phenoxy) is 1. The van der Waals surface area contributed by atoms with E-state index < -0.39 is 5.97 Å². The molecule has 128 valence electrons. The Morgan fingerprint density at radius 3 is 2.60 bits per heavy atom. The molecule has 0 N–H and O–H groups in total. The summed E-state index contributed by atoms with van der Waals surface area (Å²) in [6, 6.07) is 8.83. The Morgan fingerprint density at radius 1 is 1.24 bits per heavy atom. The predicted octanol–water partition coefficient (Wildman–Crippen LogP) is 4.93. The first-order valence-corrected chi connectivity index (χ1v) is 8.92. The van der Waals surface area contributed by atoms with Gasteiger partial charge in [-0.15, -0.1) is 11.3 Å². The maximum Gasteiger partial charge on any atom is 0.343 e. The Labute approximate surface area is 158 Å². The lowest BCUT2D eigenvalue weighted by molar-refractivity contribution is -0.137. The quantitative estimate of drug-likeness (QED) is 0.421. The largest absolute Gasteiger partial charge is 0.465 e. The first-order valence-electron chi connectivity index (χ1n) is 7.28. The molecule has 0 spiro atoms. The second-order valence-corrected chi connectivity index (χ2v) is 7.05. The molecular weight excluding hydrogens is 381 g/mol. The van der Waals surface area contributed by atoms with E-state index in [0.29, 0.717) is 27.1 Å². The van der Waals surface area contributed by atoms with Crippen molar-refractivity contribution in [3.63, 3.8) is 0 Å². The van der Waals surface area contributed by atoms with Crippen molar-refractivity contribution in [2.45, 2.75) is 6.92 Å². The van der Waals surface area contributed by atoms with Crippen LogP contribution in [0.25, 0.3) is 6.08 Å². The van der Waals surface area contributed by atoms with Gasteiger partial charge >= 0.3 is 5.97 Å². The van der Waals surface area contributed by atoms with Crippen LogP contribution in [0.1, 0.15) is 11.8 Å². The molecule has 3 rings (SSSR count). The number of methoxy groups -OCH3 is 1. The summed E-state index contributed by atoms with van der Waals surface area (Å²) in [5.74, 6) is -1.05. The highest BCUT2D eigenvalue weighted by molar-refractivity contribution is 7.10. The second-order valence-electron chi connectivity index (χ2n) is 5.26. The van der Waals surface area contributed by atoms with Gasteiger partial charge in [-0.1, -0.05) is 29.3 Å².